The summed E-state index contributed by atoms with van der Waals surface area (Å²) in [6.45, 7) is 7.96. The molecule has 226 valence electrons. The van der Waals surface area contributed by atoms with Crippen molar-refractivity contribution >= 4 is 35.4 Å². The molecule has 10 nitrogen and oxygen atoms in total. The number of alkyl carbamates (subject to hydrolysis) is 1. The highest BCUT2D eigenvalue weighted by Gasteiger charge is 2.37. The van der Waals surface area contributed by atoms with Gasteiger partial charge >= 0.3 is 12.2 Å². The minimum atomic E-state index is -0.563. The van der Waals surface area contributed by atoms with E-state index in [1.54, 1.807) is 23.6 Å². The van der Waals surface area contributed by atoms with Crippen LogP contribution >= 0.6 is 11.6 Å². The Labute approximate surface area is 256 Å². The number of fused-ring (bicyclic) bond motifs is 2. The molecule has 2 atom stereocenters. The number of benzene rings is 1. The van der Waals surface area contributed by atoms with Crippen LogP contribution in [0, 0.1) is 0 Å². The van der Waals surface area contributed by atoms with E-state index in [2.05, 4.69) is 21.3 Å². The van der Waals surface area contributed by atoms with E-state index in [0.29, 0.717) is 31.2 Å². The van der Waals surface area contributed by atoms with E-state index in [0.717, 1.165) is 46.5 Å². The monoisotopic (exact) mass is 604 g/mol. The SMILES string of the molecule is Cn1cncc1[C@H](NC(=O)OC1CC1)C1=Cc2cccnc2[C@@H](N2CCN(C(=O)OC(C)(C)C)CC2)c2ccc(Cl)cc21. The molecule has 0 bridgehead atoms. The number of hydrogen-bond acceptors (Lipinski definition) is 7. The predicted molar refractivity (Wildman–Crippen MR) is 163 cm³/mol. The molecule has 11 heteroatoms. The molecule has 0 radical (unpaired) electrons. The summed E-state index contributed by atoms with van der Waals surface area (Å²) in [5.74, 6) is 0. The molecular weight excluding hydrogens is 568 g/mol. The van der Waals surface area contributed by atoms with Crippen molar-refractivity contribution in [1.29, 1.82) is 0 Å². The summed E-state index contributed by atoms with van der Waals surface area (Å²) in [5, 5.41) is 3.71. The quantitative estimate of drug-likeness (QED) is 0.405. The van der Waals surface area contributed by atoms with Gasteiger partial charge in [0, 0.05) is 44.4 Å². The summed E-state index contributed by atoms with van der Waals surface area (Å²) in [6, 6.07) is 9.09. The lowest BCUT2D eigenvalue weighted by atomic mass is 9.90. The normalized spacial score (nSPS) is 19.4. The van der Waals surface area contributed by atoms with Gasteiger partial charge in [-0.2, -0.15) is 0 Å². The predicted octanol–water partition coefficient (Wildman–Crippen LogP) is 5.59. The smallest absolute Gasteiger partial charge is 0.410 e. The zero-order valence-electron chi connectivity index (χ0n) is 24.9. The van der Waals surface area contributed by atoms with Gasteiger partial charge in [0.05, 0.1) is 36.0 Å². The van der Waals surface area contributed by atoms with Crippen molar-refractivity contribution in [3.05, 3.63) is 82.2 Å². The van der Waals surface area contributed by atoms with Crippen LogP contribution in [0.2, 0.25) is 5.02 Å². The maximum atomic E-state index is 13.1. The number of pyridine rings is 1. The van der Waals surface area contributed by atoms with Gasteiger partial charge in [0.25, 0.3) is 0 Å². The summed E-state index contributed by atoms with van der Waals surface area (Å²) < 4.78 is 13.1. The molecule has 43 heavy (non-hydrogen) atoms. The third-order valence-corrected chi connectivity index (χ3v) is 8.15. The Bertz CT molecular complexity index is 1550. The molecule has 3 aromatic rings. The van der Waals surface area contributed by atoms with E-state index in [1.807, 2.05) is 62.7 Å². The minimum absolute atomic E-state index is 0.0364. The first-order valence-corrected chi connectivity index (χ1v) is 15.1. The molecule has 1 saturated heterocycles. The lowest BCUT2D eigenvalue weighted by Crippen LogP contribution is -2.51. The number of carbonyl (C=O) groups excluding carboxylic acids is 2. The summed E-state index contributed by atoms with van der Waals surface area (Å²) in [4.78, 5) is 39.2. The number of aryl methyl sites for hydroxylation is 1. The minimum Gasteiger partial charge on any atom is -0.446 e. The second-order valence-corrected chi connectivity index (χ2v) is 12.8. The van der Waals surface area contributed by atoms with Gasteiger partial charge in [0.15, 0.2) is 0 Å². The Kier molecular flexibility index (Phi) is 7.91. The molecule has 0 unspecified atom stereocenters. The molecule has 2 aromatic heterocycles. The van der Waals surface area contributed by atoms with Gasteiger partial charge in [-0.05, 0) is 80.2 Å². The Balaban J connectivity index is 1.40. The molecule has 1 saturated carbocycles. The van der Waals surface area contributed by atoms with Crippen LogP contribution in [0.1, 0.15) is 73.8 Å². The van der Waals surface area contributed by atoms with Gasteiger partial charge in [-0.1, -0.05) is 23.7 Å². The van der Waals surface area contributed by atoms with Crippen LogP contribution in [0.5, 0.6) is 0 Å². The van der Waals surface area contributed by atoms with Crippen LogP contribution in [-0.4, -0.2) is 74.4 Å². The van der Waals surface area contributed by atoms with Crippen molar-refractivity contribution in [2.45, 2.75) is 57.4 Å². The highest BCUT2D eigenvalue weighted by molar-refractivity contribution is 6.30. The van der Waals surface area contributed by atoms with Gasteiger partial charge in [0.2, 0.25) is 0 Å². The molecule has 1 aromatic carbocycles. The molecule has 3 aliphatic rings. The summed E-state index contributed by atoms with van der Waals surface area (Å²) in [7, 11) is 1.90. The first-order chi connectivity index (χ1) is 20.6. The Morgan fingerprint density at radius 1 is 1.12 bits per heavy atom. The number of amides is 2. The number of hydrogen-bond donors (Lipinski definition) is 1. The highest BCUT2D eigenvalue weighted by atomic mass is 35.5. The number of halogens is 1. The second kappa shape index (κ2) is 11.7. The number of nitrogens with one attached hydrogen (secondary N) is 1. The zero-order chi connectivity index (χ0) is 30.3. The maximum absolute atomic E-state index is 13.1. The Hall–Kier alpha value is -3.89. The maximum Gasteiger partial charge on any atom is 0.410 e. The molecule has 6 rings (SSSR count). The number of rotatable bonds is 5. The Morgan fingerprint density at radius 3 is 2.56 bits per heavy atom. The van der Waals surface area contributed by atoms with E-state index < -0.39 is 17.7 Å². The molecule has 1 aliphatic heterocycles. The number of nitrogens with zero attached hydrogens (tertiary/aromatic N) is 5. The fourth-order valence-electron chi connectivity index (χ4n) is 5.73. The van der Waals surface area contributed by atoms with Crippen LogP contribution in [0.4, 0.5) is 9.59 Å². The number of ether oxygens (including phenoxy) is 2. The molecule has 2 amide bonds. The van der Waals surface area contributed by atoms with Crippen molar-refractivity contribution in [2.75, 3.05) is 26.2 Å². The second-order valence-electron chi connectivity index (χ2n) is 12.3. The van der Waals surface area contributed by atoms with E-state index >= 15 is 0 Å². The summed E-state index contributed by atoms with van der Waals surface area (Å²) in [6.07, 6.45) is 8.33. The molecular formula is C32H37ClN6O4. The standard InChI is InChI=1S/C32H37ClN6O4/c1-32(2,3)43-31(41)39-14-12-38(13-15-39)29-23-10-7-21(33)17-24(23)25(16-20-6-5-11-35-27(20)29)28(26-18-34-19-37(26)4)36-30(40)42-22-8-9-22/h5-7,10-11,16-19,22,28-29H,8-9,12-15H2,1-4H3,(H,36,40)/t28-,29+/m1/s1. The number of imidazole rings is 1. The summed E-state index contributed by atoms with van der Waals surface area (Å²) >= 11 is 6.65. The lowest BCUT2D eigenvalue weighted by molar-refractivity contribution is 0.0118. The number of carbonyl (C=O) groups is 2. The summed E-state index contributed by atoms with van der Waals surface area (Å²) in [5.41, 5.74) is 4.87. The Morgan fingerprint density at radius 2 is 1.88 bits per heavy atom. The van der Waals surface area contributed by atoms with E-state index in [-0.39, 0.29) is 18.2 Å². The van der Waals surface area contributed by atoms with Crippen LogP contribution in [0.3, 0.4) is 0 Å². The van der Waals surface area contributed by atoms with Gasteiger partial charge in [0.1, 0.15) is 11.7 Å². The third-order valence-electron chi connectivity index (χ3n) is 7.91. The average molecular weight is 605 g/mol. The van der Waals surface area contributed by atoms with Gasteiger partial charge in [-0.15, -0.1) is 0 Å². The molecule has 2 aliphatic carbocycles. The molecule has 1 N–H and O–H groups in total. The van der Waals surface area contributed by atoms with Crippen LogP contribution in [0.25, 0.3) is 11.6 Å². The molecule has 0 spiro atoms. The van der Waals surface area contributed by atoms with Gasteiger partial charge < -0.3 is 24.3 Å². The zero-order valence-corrected chi connectivity index (χ0v) is 25.7. The van der Waals surface area contributed by atoms with Crippen molar-refractivity contribution in [1.82, 2.24) is 29.7 Å². The van der Waals surface area contributed by atoms with Crippen molar-refractivity contribution in [3.63, 3.8) is 0 Å². The van der Waals surface area contributed by atoms with Gasteiger partial charge in [-0.25, -0.2) is 14.6 Å². The largest absolute Gasteiger partial charge is 0.446 e. The van der Waals surface area contributed by atoms with E-state index in [4.69, 9.17) is 26.1 Å². The molecule has 2 fully saturated rings. The fraction of sp³-hybridized carbons (Fsp3) is 0.438. The third kappa shape index (κ3) is 6.40. The van der Waals surface area contributed by atoms with Crippen LogP contribution < -0.4 is 5.32 Å². The van der Waals surface area contributed by atoms with Crippen LogP contribution in [0.15, 0.2) is 49.1 Å². The van der Waals surface area contributed by atoms with Crippen LogP contribution in [-0.2, 0) is 16.5 Å². The fourth-order valence-corrected chi connectivity index (χ4v) is 5.91. The first kappa shape index (κ1) is 29.2. The van der Waals surface area contributed by atoms with Crippen molar-refractivity contribution in [3.8, 4) is 0 Å². The van der Waals surface area contributed by atoms with Gasteiger partial charge in [-0.3, -0.25) is 9.88 Å². The number of aromatic nitrogens is 3. The van der Waals surface area contributed by atoms with E-state index in [9.17, 15) is 9.59 Å². The topological polar surface area (TPSA) is 102 Å². The lowest BCUT2D eigenvalue weighted by Gasteiger charge is -2.40. The first-order valence-electron chi connectivity index (χ1n) is 14.7. The average Bonchev–Trinajstić information content (AvgIpc) is 3.70. The van der Waals surface area contributed by atoms with Crippen molar-refractivity contribution in [2.24, 2.45) is 7.05 Å². The number of piperazine rings is 1. The highest BCUT2D eigenvalue weighted by Crippen LogP contribution is 2.44. The molecule has 3 heterocycles. The van der Waals surface area contributed by atoms with E-state index in [1.165, 1.54) is 0 Å². The van der Waals surface area contributed by atoms with Crippen molar-refractivity contribution < 1.29 is 19.1 Å².